The molecule has 0 bridgehead atoms. The average molecular weight is 409 g/mol. The van der Waals surface area contributed by atoms with Gasteiger partial charge in [-0.2, -0.15) is 4.99 Å². The lowest BCUT2D eigenvalue weighted by atomic mass is 10.3. The van der Waals surface area contributed by atoms with Gasteiger partial charge in [-0.1, -0.05) is 47.2 Å². The fraction of sp³-hybridized carbons (Fsp3) is 0.222. The number of rotatable bonds is 5. The molecule has 1 heterocycles. The summed E-state index contributed by atoms with van der Waals surface area (Å²) in [5, 5.41) is 0.601. The Morgan fingerprint density at radius 1 is 1.15 bits per heavy atom. The number of thiazole rings is 1. The van der Waals surface area contributed by atoms with Gasteiger partial charge < -0.3 is 4.57 Å². The minimum absolute atomic E-state index is 0.0774. The monoisotopic (exact) mass is 408 g/mol. The largest absolute Gasteiger partial charge is 0.318 e. The highest BCUT2D eigenvalue weighted by molar-refractivity contribution is 7.91. The molecule has 3 aromatic rings. The summed E-state index contributed by atoms with van der Waals surface area (Å²) in [5.41, 5.74) is 0.831. The Kier molecular flexibility index (Phi) is 5.60. The lowest BCUT2D eigenvalue weighted by Crippen LogP contribution is -2.14. The Morgan fingerprint density at radius 3 is 2.58 bits per heavy atom. The number of aryl methyl sites for hydroxylation is 1. The van der Waals surface area contributed by atoms with Gasteiger partial charge in [-0.15, -0.1) is 0 Å². The van der Waals surface area contributed by atoms with Crippen LogP contribution in [0.15, 0.2) is 58.4 Å². The van der Waals surface area contributed by atoms with Gasteiger partial charge in [-0.05, 0) is 30.7 Å². The molecular formula is C18H17ClN2O3S2. The second-order valence-corrected chi connectivity index (χ2v) is 9.30. The van der Waals surface area contributed by atoms with Gasteiger partial charge in [-0.3, -0.25) is 4.79 Å². The number of hydrogen-bond acceptors (Lipinski definition) is 4. The Balaban J connectivity index is 1.71. The first-order chi connectivity index (χ1) is 12.4. The summed E-state index contributed by atoms with van der Waals surface area (Å²) < 4.78 is 27.2. The molecule has 0 spiro atoms. The summed E-state index contributed by atoms with van der Waals surface area (Å²) in [6.07, 6.45) is 0.308. The van der Waals surface area contributed by atoms with Gasteiger partial charge in [0.05, 0.1) is 25.9 Å². The maximum atomic E-state index is 12.2. The molecule has 26 heavy (non-hydrogen) atoms. The number of hydrogen-bond donors (Lipinski definition) is 0. The molecule has 0 aliphatic heterocycles. The van der Waals surface area contributed by atoms with E-state index in [9.17, 15) is 13.2 Å². The molecule has 0 radical (unpaired) electrons. The third kappa shape index (κ3) is 4.06. The highest BCUT2D eigenvalue weighted by Crippen LogP contribution is 2.24. The van der Waals surface area contributed by atoms with Crippen LogP contribution in [0.2, 0.25) is 5.02 Å². The highest BCUT2D eigenvalue weighted by Gasteiger charge is 2.14. The predicted molar refractivity (Wildman–Crippen MR) is 104 cm³/mol. The standard InChI is InChI=1S/C18H17ClN2O3S2/c1-21-17-14(19)9-5-10-15(17)25-18(21)20-16(22)11-6-12-26(23,24)13-7-3-2-4-8-13/h2-5,7-10H,6,11-12H2,1H3. The predicted octanol–water partition coefficient (Wildman–Crippen LogP) is 3.57. The first kappa shape index (κ1) is 18.8. The van der Waals surface area contributed by atoms with Crippen LogP contribution in [0.4, 0.5) is 0 Å². The molecule has 0 aliphatic carbocycles. The van der Waals surface area contributed by atoms with E-state index in [4.69, 9.17) is 11.6 Å². The number of fused-ring (bicyclic) bond motifs is 1. The number of amides is 1. The summed E-state index contributed by atoms with van der Waals surface area (Å²) in [5.74, 6) is -0.422. The van der Waals surface area contributed by atoms with Crippen LogP contribution in [-0.4, -0.2) is 24.6 Å². The van der Waals surface area contributed by atoms with E-state index in [0.29, 0.717) is 9.82 Å². The normalized spacial score (nSPS) is 12.6. The van der Waals surface area contributed by atoms with E-state index in [2.05, 4.69) is 4.99 Å². The second-order valence-electron chi connectivity index (χ2n) is 5.77. The van der Waals surface area contributed by atoms with Crippen molar-refractivity contribution in [3.8, 4) is 0 Å². The summed E-state index contributed by atoms with van der Waals surface area (Å²) in [7, 11) is -1.57. The first-order valence-electron chi connectivity index (χ1n) is 7.98. The molecule has 0 aliphatic rings. The molecule has 3 rings (SSSR count). The van der Waals surface area contributed by atoms with E-state index in [0.717, 1.165) is 10.2 Å². The van der Waals surface area contributed by atoms with Crippen LogP contribution in [0.3, 0.4) is 0 Å². The molecule has 2 aromatic carbocycles. The Hall–Kier alpha value is -1.96. The zero-order valence-corrected chi connectivity index (χ0v) is 16.4. The number of para-hydroxylation sites is 1. The third-order valence-corrected chi connectivity index (χ3v) is 7.12. The van der Waals surface area contributed by atoms with Gasteiger partial charge in [0.1, 0.15) is 0 Å². The van der Waals surface area contributed by atoms with Crippen LogP contribution in [-0.2, 0) is 21.7 Å². The zero-order valence-electron chi connectivity index (χ0n) is 14.1. The molecule has 0 saturated carbocycles. The topological polar surface area (TPSA) is 68.5 Å². The van der Waals surface area contributed by atoms with Crippen molar-refractivity contribution >= 4 is 48.9 Å². The summed E-state index contributed by atoms with van der Waals surface area (Å²) >= 11 is 7.57. The van der Waals surface area contributed by atoms with Crippen LogP contribution < -0.4 is 4.80 Å². The van der Waals surface area contributed by atoms with Crippen molar-refractivity contribution < 1.29 is 13.2 Å². The third-order valence-electron chi connectivity index (χ3n) is 3.90. The molecule has 5 nitrogen and oxygen atoms in total. The summed E-state index contributed by atoms with van der Waals surface area (Å²) in [4.78, 5) is 17.1. The maximum absolute atomic E-state index is 12.2. The van der Waals surface area contributed by atoms with Crippen molar-refractivity contribution in [2.75, 3.05) is 5.75 Å². The van der Waals surface area contributed by atoms with Gasteiger partial charge in [0.2, 0.25) is 5.91 Å². The van der Waals surface area contributed by atoms with E-state index in [1.54, 1.807) is 48.0 Å². The average Bonchev–Trinajstić information content (AvgIpc) is 2.92. The van der Waals surface area contributed by atoms with Crippen LogP contribution in [0, 0.1) is 0 Å². The van der Waals surface area contributed by atoms with Crippen molar-refractivity contribution in [2.24, 2.45) is 12.0 Å². The van der Waals surface area contributed by atoms with Crippen molar-refractivity contribution in [1.82, 2.24) is 4.57 Å². The smallest absolute Gasteiger partial charge is 0.248 e. The van der Waals surface area contributed by atoms with Crippen LogP contribution >= 0.6 is 22.9 Å². The van der Waals surface area contributed by atoms with E-state index >= 15 is 0 Å². The van der Waals surface area contributed by atoms with E-state index in [-0.39, 0.29) is 29.4 Å². The molecule has 136 valence electrons. The van der Waals surface area contributed by atoms with Crippen LogP contribution in [0.5, 0.6) is 0 Å². The number of aromatic nitrogens is 1. The molecule has 0 unspecified atom stereocenters. The number of carbonyl (C=O) groups is 1. The van der Waals surface area contributed by atoms with Crippen LogP contribution in [0.1, 0.15) is 12.8 Å². The summed E-state index contributed by atoms with van der Waals surface area (Å²) in [6, 6.07) is 13.8. The van der Waals surface area contributed by atoms with Gasteiger partial charge in [0.15, 0.2) is 14.6 Å². The lowest BCUT2D eigenvalue weighted by Gasteiger charge is -2.02. The highest BCUT2D eigenvalue weighted by atomic mass is 35.5. The van der Waals surface area contributed by atoms with Crippen molar-refractivity contribution in [1.29, 1.82) is 0 Å². The number of halogens is 1. The lowest BCUT2D eigenvalue weighted by molar-refractivity contribution is -0.118. The van der Waals surface area contributed by atoms with E-state index < -0.39 is 9.84 Å². The SMILES string of the molecule is Cn1c(=NC(=O)CCCS(=O)(=O)c2ccccc2)sc2cccc(Cl)c21. The van der Waals surface area contributed by atoms with E-state index in [1.165, 1.54) is 11.3 Å². The van der Waals surface area contributed by atoms with Gasteiger partial charge in [0.25, 0.3) is 0 Å². The molecule has 0 atom stereocenters. The van der Waals surface area contributed by atoms with Gasteiger partial charge in [-0.25, -0.2) is 8.42 Å². The fourth-order valence-corrected chi connectivity index (χ4v) is 5.34. The van der Waals surface area contributed by atoms with Crippen molar-refractivity contribution in [3.05, 3.63) is 58.4 Å². The Bertz CT molecular complexity index is 1120. The molecule has 0 N–H and O–H groups in total. The van der Waals surface area contributed by atoms with Crippen LogP contribution in [0.25, 0.3) is 10.2 Å². The van der Waals surface area contributed by atoms with Crippen molar-refractivity contribution in [2.45, 2.75) is 17.7 Å². The fourth-order valence-electron chi connectivity index (χ4n) is 2.59. The number of carbonyl (C=O) groups excluding carboxylic acids is 1. The molecule has 1 amide bonds. The zero-order chi connectivity index (χ0) is 18.7. The number of nitrogens with zero attached hydrogens (tertiary/aromatic N) is 2. The Morgan fingerprint density at radius 2 is 1.88 bits per heavy atom. The quantitative estimate of drug-likeness (QED) is 0.648. The molecule has 1 aromatic heterocycles. The minimum atomic E-state index is -3.38. The summed E-state index contributed by atoms with van der Waals surface area (Å²) in [6.45, 7) is 0. The molecular weight excluding hydrogens is 392 g/mol. The molecule has 0 saturated heterocycles. The van der Waals surface area contributed by atoms with Gasteiger partial charge in [0, 0.05) is 13.5 Å². The first-order valence-corrected chi connectivity index (χ1v) is 10.8. The Labute approximate surface area is 160 Å². The number of sulfone groups is 1. The second kappa shape index (κ2) is 7.73. The minimum Gasteiger partial charge on any atom is -0.318 e. The van der Waals surface area contributed by atoms with Crippen molar-refractivity contribution in [3.63, 3.8) is 0 Å². The molecule has 8 heteroatoms. The maximum Gasteiger partial charge on any atom is 0.248 e. The van der Waals surface area contributed by atoms with E-state index in [1.807, 2.05) is 12.1 Å². The van der Waals surface area contributed by atoms with Gasteiger partial charge >= 0.3 is 0 Å². The number of benzene rings is 2. The molecule has 0 fully saturated rings.